The summed E-state index contributed by atoms with van der Waals surface area (Å²) >= 11 is 1.58. The van der Waals surface area contributed by atoms with Gasteiger partial charge in [-0.1, -0.05) is 18.2 Å². The molecule has 0 saturated carbocycles. The summed E-state index contributed by atoms with van der Waals surface area (Å²) in [6.45, 7) is 3.91. The molecule has 1 radical (unpaired) electrons. The summed E-state index contributed by atoms with van der Waals surface area (Å²) in [6.07, 6.45) is 1.74. The average molecular weight is 176 g/mol. The molecule has 0 unspecified atom stereocenters. The zero-order chi connectivity index (χ0) is 8.55. The summed E-state index contributed by atoms with van der Waals surface area (Å²) in [5.74, 6) is 0. The monoisotopic (exact) mass is 176 g/mol. The zero-order valence-corrected chi connectivity index (χ0v) is 7.72. The lowest BCUT2D eigenvalue weighted by molar-refractivity contribution is 1.25. The molecular weight excluding hydrogens is 169 g/mol. The predicted molar refractivity (Wildman–Crippen MR) is 51.2 cm³/mol. The molecule has 0 bridgehead atoms. The fraction of sp³-hybridized carbons (Fsp3) is 0.286. The summed E-state index contributed by atoms with van der Waals surface area (Å²) in [5.41, 5.74) is 1.66. The molecule has 0 aliphatic heterocycles. The standard InChI is InChI=1S/C7H7BN3S/c1-4-10-6-7(12-4)11-5(8-2)3-9-6/h3H,1-2H3. The van der Waals surface area contributed by atoms with Crippen molar-refractivity contribution in [1.29, 1.82) is 0 Å². The molecule has 2 aromatic heterocycles. The van der Waals surface area contributed by atoms with Crippen LogP contribution in [0.3, 0.4) is 0 Å². The van der Waals surface area contributed by atoms with E-state index in [-0.39, 0.29) is 0 Å². The van der Waals surface area contributed by atoms with Crippen molar-refractivity contribution in [2.45, 2.75) is 13.7 Å². The van der Waals surface area contributed by atoms with Crippen molar-refractivity contribution in [1.82, 2.24) is 15.0 Å². The lowest BCUT2D eigenvalue weighted by Crippen LogP contribution is -2.15. The third-order valence-corrected chi connectivity index (χ3v) is 2.40. The third-order valence-electron chi connectivity index (χ3n) is 1.54. The van der Waals surface area contributed by atoms with E-state index in [0.717, 1.165) is 21.1 Å². The Morgan fingerprint density at radius 1 is 1.42 bits per heavy atom. The Morgan fingerprint density at radius 3 is 3.00 bits per heavy atom. The van der Waals surface area contributed by atoms with E-state index in [9.17, 15) is 0 Å². The van der Waals surface area contributed by atoms with Crippen LogP contribution < -0.4 is 5.59 Å². The van der Waals surface area contributed by atoms with Gasteiger partial charge in [0.2, 0.25) is 0 Å². The van der Waals surface area contributed by atoms with Gasteiger partial charge in [-0.15, -0.1) is 0 Å². The minimum Gasteiger partial charge on any atom is -0.248 e. The summed E-state index contributed by atoms with van der Waals surface area (Å²) in [4.78, 5) is 13.7. The van der Waals surface area contributed by atoms with E-state index in [0.29, 0.717) is 0 Å². The highest BCUT2D eigenvalue weighted by Gasteiger charge is 2.02. The first kappa shape index (κ1) is 7.67. The molecule has 0 aliphatic rings. The normalized spacial score (nSPS) is 10.5. The van der Waals surface area contributed by atoms with E-state index in [1.165, 1.54) is 0 Å². The Hall–Kier alpha value is -0.965. The molecule has 0 spiro atoms. The Labute approximate surface area is 75.1 Å². The van der Waals surface area contributed by atoms with Crippen molar-refractivity contribution in [2.75, 3.05) is 0 Å². The van der Waals surface area contributed by atoms with E-state index in [1.54, 1.807) is 17.5 Å². The molecule has 2 heterocycles. The first-order chi connectivity index (χ1) is 5.79. The van der Waals surface area contributed by atoms with Crippen LogP contribution in [-0.4, -0.2) is 22.2 Å². The number of fused-ring (bicyclic) bond motifs is 1. The maximum atomic E-state index is 4.35. The SMILES string of the molecule is C[B]c1cnc2nc(C)sc2n1. The van der Waals surface area contributed by atoms with E-state index >= 15 is 0 Å². The van der Waals surface area contributed by atoms with Crippen LogP contribution in [0.25, 0.3) is 10.5 Å². The van der Waals surface area contributed by atoms with E-state index < -0.39 is 0 Å². The quantitative estimate of drug-likeness (QED) is 0.602. The van der Waals surface area contributed by atoms with Crippen LogP contribution in [0.4, 0.5) is 0 Å². The van der Waals surface area contributed by atoms with Crippen molar-refractivity contribution in [3.8, 4) is 0 Å². The Bertz CT molecular complexity index is 412. The van der Waals surface area contributed by atoms with Crippen LogP contribution in [-0.2, 0) is 0 Å². The van der Waals surface area contributed by atoms with Gasteiger partial charge >= 0.3 is 0 Å². The molecule has 0 atom stereocenters. The molecule has 2 aromatic rings. The molecule has 0 aliphatic carbocycles. The first-order valence-electron chi connectivity index (χ1n) is 3.69. The van der Waals surface area contributed by atoms with Gasteiger partial charge in [-0.25, -0.2) is 15.0 Å². The number of thiazole rings is 1. The van der Waals surface area contributed by atoms with Gasteiger partial charge in [-0.05, 0) is 6.92 Å². The van der Waals surface area contributed by atoms with Crippen LogP contribution in [0.5, 0.6) is 0 Å². The molecule has 12 heavy (non-hydrogen) atoms. The molecule has 2 rings (SSSR count). The average Bonchev–Trinajstić information content (AvgIpc) is 2.43. The number of aromatic nitrogens is 3. The fourth-order valence-corrected chi connectivity index (χ4v) is 1.73. The van der Waals surface area contributed by atoms with Crippen LogP contribution in [0.2, 0.25) is 6.82 Å². The van der Waals surface area contributed by atoms with Crippen molar-refractivity contribution in [2.24, 2.45) is 0 Å². The van der Waals surface area contributed by atoms with Crippen LogP contribution in [0, 0.1) is 6.92 Å². The topological polar surface area (TPSA) is 38.7 Å². The Morgan fingerprint density at radius 2 is 2.25 bits per heavy atom. The summed E-state index contributed by atoms with van der Waals surface area (Å²) in [6, 6.07) is 0. The van der Waals surface area contributed by atoms with Gasteiger partial charge in [0.1, 0.15) is 0 Å². The highest BCUT2D eigenvalue weighted by atomic mass is 32.1. The van der Waals surface area contributed by atoms with Gasteiger partial charge in [0, 0.05) is 11.8 Å². The molecule has 0 aromatic carbocycles. The summed E-state index contributed by atoms with van der Waals surface area (Å²) in [7, 11) is 1.93. The van der Waals surface area contributed by atoms with Gasteiger partial charge in [0.05, 0.1) is 5.01 Å². The highest BCUT2D eigenvalue weighted by Crippen LogP contribution is 2.14. The summed E-state index contributed by atoms with van der Waals surface area (Å²) < 4.78 is 0. The van der Waals surface area contributed by atoms with E-state index in [1.807, 2.05) is 21.0 Å². The minimum atomic E-state index is 0.753. The second kappa shape index (κ2) is 2.82. The first-order valence-corrected chi connectivity index (χ1v) is 4.51. The molecule has 0 N–H and O–H groups in total. The van der Waals surface area contributed by atoms with Crippen LogP contribution in [0.15, 0.2) is 6.20 Å². The van der Waals surface area contributed by atoms with Gasteiger partial charge in [0.15, 0.2) is 17.8 Å². The third kappa shape index (κ3) is 1.20. The second-order valence-electron chi connectivity index (χ2n) is 2.45. The molecule has 0 amide bonds. The van der Waals surface area contributed by atoms with Crippen LogP contribution in [0.1, 0.15) is 5.01 Å². The van der Waals surface area contributed by atoms with Crippen molar-refractivity contribution >= 4 is 34.7 Å². The largest absolute Gasteiger partial charge is 0.248 e. The summed E-state index contributed by atoms with van der Waals surface area (Å²) in [5, 5.41) is 1.01. The smallest absolute Gasteiger partial charge is 0.189 e. The Balaban J connectivity index is 2.66. The molecule has 0 fully saturated rings. The van der Waals surface area contributed by atoms with Crippen molar-refractivity contribution in [3.63, 3.8) is 0 Å². The number of rotatable bonds is 1. The minimum absolute atomic E-state index is 0.753. The number of hydrogen-bond donors (Lipinski definition) is 0. The number of aryl methyl sites for hydroxylation is 1. The van der Waals surface area contributed by atoms with Gasteiger partial charge in [0.25, 0.3) is 0 Å². The Kier molecular flexibility index (Phi) is 1.80. The fourth-order valence-electron chi connectivity index (χ4n) is 0.975. The zero-order valence-electron chi connectivity index (χ0n) is 6.90. The van der Waals surface area contributed by atoms with E-state index in [4.69, 9.17) is 0 Å². The van der Waals surface area contributed by atoms with Crippen molar-refractivity contribution in [3.05, 3.63) is 11.2 Å². The molecular formula is C7H7BN3S. The number of nitrogens with zero attached hydrogens (tertiary/aromatic N) is 3. The highest BCUT2D eigenvalue weighted by molar-refractivity contribution is 7.18. The number of hydrogen-bond acceptors (Lipinski definition) is 4. The maximum Gasteiger partial charge on any atom is 0.189 e. The molecule has 0 saturated heterocycles. The van der Waals surface area contributed by atoms with Crippen LogP contribution >= 0.6 is 11.3 Å². The molecule has 5 heteroatoms. The van der Waals surface area contributed by atoms with Gasteiger partial charge in [-0.3, -0.25) is 0 Å². The van der Waals surface area contributed by atoms with Gasteiger partial charge < -0.3 is 0 Å². The molecule has 3 nitrogen and oxygen atoms in total. The molecule has 59 valence electrons. The van der Waals surface area contributed by atoms with Crippen molar-refractivity contribution < 1.29 is 0 Å². The predicted octanol–water partition coefficient (Wildman–Crippen LogP) is 0.772. The maximum absolute atomic E-state index is 4.35. The lowest BCUT2D eigenvalue weighted by Gasteiger charge is -1.91. The van der Waals surface area contributed by atoms with Gasteiger partial charge in [-0.2, -0.15) is 0 Å². The lowest BCUT2D eigenvalue weighted by atomic mass is 9.78. The van der Waals surface area contributed by atoms with E-state index in [2.05, 4.69) is 15.0 Å². The second-order valence-corrected chi connectivity index (χ2v) is 3.63.